The normalized spacial score (nSPS) is 12.2. The highest BCUT2D eigenvalue weighted by molar-refractivity contribution is 6.30. The van der Waals surface area contributed by atoms with Crippen LogP contribution < -0.4 is 0 Å². The van der Waals surface area contributed by atoms with Crippen LogP contribution in [-0.2, 0) is 9.63 Å². The summed E-state index contributed by atoms with van der Waals surface area (Å²) in [7, 11) is 3.08. The van der Waals surface area contributed by atoms with Crippen LogP contribution in [0.2, 0.25) is 5.02 Å². The molecule has 0 heterocycles. The van der Waals surface area contributed by atoms with E-state index in [1.165, 1.54) is 12.2 Å². The smallest absolute Gasteiger partial charge is 0.246 e. The summed E-state index contributed by atoms with van der Waals surface area (Å²) in [5.41, 5.74) is 1.06. The van der Waals surface area contributed by atoms with Crippen molar-refractivity contribution in [3.8, 4) is 0 Å². The van der Waals surface area contributed by atoms with Gasteiger partial charge in [0.2, 0.25) is 5.91 Å². The fourth-order valence-electron chi connectivity index (χ4n) is 1.42. The Morgan fingerprint density at radius 2 is 2.25 bits per heavy atom. The minimum atomic E-state index is -0.0463. The third kappa shape index (κ3) is 3.51. The molecule has 1 unspecified atom stereocenters. The molecule has 1 rings (SSSR count). The van der Waals surface area contributed by atoms with Gasteiger partial charge >= 0.3 is 0 Å². The monoisotopic (exact) mass is 241 g/mol. The van der Waals surface area contributed by atoms with E-state index in [0.717, 1.165) is 5.56 Å². The van der Waals surface area contributed by atoms with E-state index in [1.54, 1.807) is 7.05 Å². The number of benzene rings is 1. The Morgan fingerprint density at radius 1 is 1.56 bits per heavy atom. The molecule has 0 aliphatic carbocycles. The van der Waals surface area contributed by atoms with E-state index < -0.39 is 0 Å². The highest BCUT2D eigenvalue weighted by Crippen LogP contribution is 2.22. The predicted molar refractivity (Wildman–Crippen MR) is 64.3 cm³/mol. The van der Waals surface area contributed by atoms with E-state index in [0.29, 0.717) is 11.4 Å². The average molecular weight is 242 g/mol. The number of carbonyl (C=O) groups excluding carboxylic acids is 1. The number of hydroxylamine groups is 2. The van der Waals surface area contributed by atoms with E-state index in [2.05, 4.69) is 0 Å². The predicted octanol–water partition coefficient (Wildman–Crippen LogP) is 2.85. The first-order valence-corrected chi connectivity index (χ1v) is 5.48. The summed E-state index contributed by atoms with van der Waals surface area (Å²) >= 11 is 5.90. The maximum atomic E-state index is 11.6. The van der Waals surface area contributed by atoms with Crippen molar-refractivity contribution in [1.29, 1.82) is 0 Å². The first-order chi connectivity index (χ1) is 7.54. The van der Waals surface area contributed by atoms with Crippen LogP contribution >= 0.6 is 11.6 Å². The van der Waals surface area contributed by atoms with Gasteiger partial charge in [0.05, 0.1) is 7.11 Å². The highest BCUT2D eigenvalue weighted by Gasteiger charge is 2.14. The van der Waals surface area contributed by atoms with Gasteiger partial charge in [0.1, 0.15) is 0 Å². The molecule has 0 radical (unpaired) electrons. The molecule has 0 fully saturated rings. The highest BCUT2D eigenvalue weighted by atomic mass is 35.5. The Morgan fingerprint density at radius 3 is 2.81 bits per heavy atom. The molecule has 3 nitrogen and oxygen atoms in total. The lowest BCUT2D eigenvalue weighted by atomic mass is 9.97. The van der Waals surface area contributed by atoms with Gasteiger partial charge in [0.25, 0.3) is 0 Å². The zero-order valence-corrected chi connectivity index (χ0v) is 10.5. The molecule has 0 saturated carbocycles. The van der Waals surface area contributed by atoms with Crippen LogP contribution in [0, 0.1) is 0 Å². The number of nitrogens with zero attached hydrogens (tertiary/aromatic N) is 1. The SMILES string of the molecule is CON(C)C(=O)CC(C)c1cccc(Cl)c1. The zero-order valence-electron chi connectivity index (χ0n) is 9.74. The van der Waals surface area contributed by atoms with Gasteiger partial charge in [0.15, 0.2) is 0 Å². The molecule has 4 heteroatoms. The molecular formula is C12H16ClNO2. The lowest BCUT2D eigenvalue weighted by Crippen LogP contribution is -2.26. The Hall–Kier alpha value is -1.06. The van der Waals surface area contributed by atoms with Crippen LogP contribution in [0.1, 0.15) is 24.8 Å². The number of amides is 1. The van der Waals surface area contributed by atoms with Crippen molar-refractivity contribution < 1.29 is 9.63 Å². The van der Waals surface area contributed by atoms with Crippen molar-refractivity contribution in [2.45, 2.75) is 19.3 Å². The Labute approximate surface area is 101 Å². The van der Waals surface area contributed by atoms with Gasteiger partial charge < -0.3 is 0 Å². The maximum absolute atomic E-state index is 11.6. The van der Waals surface area contributed by atoms with E-state index >= 15 is 0 Å². The second kappa shape index (κ2) is 5.87. The van der Waals surface area contributed by atoms with Crippen molar-refractivity contribution in [2.75, 3.05) is 14.2 Å². The molecule has 0 aliphatic rings. The second-order valence-corrected chi connectivity index (χ2v) is 4.17. The summed E-state index contributed by atoms with van der Waals surface area (Å²) in [4.78, 5) is 16.4. The first-order valence-electron chi connectivity index (χ1n) is 5.10. The van der Waals surface area contributed by atoms with Crippen molar-refractivity contribution >= 4 is 17.5 Å². The summed E-state index contributed by atoms with van der Waals surface area (Å²) in [5.74, 6) is 0.0822. The number of carbonyl (C=O) groups is 1. The third-order valence-corrected chi connectivity index (χ3v) is 2.76. The van der Waals surface area contributed by atoms with E-state index in [9.17, 15) is 4.79 Å². The van der Waals surface area contributed by atoms with Gasteiger partial charge in [-0.3, -0.25) is 9.63 Å². The van der Waals surface area contributed by atoms with Crippen molar-refractivity contribution in [3.63, 3.8) is 0 Å². The molecule has 0 aliphatic heterocycles. The quantitative estimate of drug-likeness (QED) is 0.759. The fourth-order valence-corrected chi connectivity index (χ4v) is 1.62. The Balaban J connectivity index is 2.65. The van der Waals surface area contributed by atoms with Gasteiger partial charge in [-0.1, -0.05) is 30.7 Å². The molecule has 88 valence electrons. The number of rotatable bonds is 4. The van der Waals surface area contributed by atoms with Crippen molar-refractivity contribution in [2.24, 2.45) is 0 Å². The van der Waals surface area contributed by atoms with Crippen LogP contribution in [0.5, 0.6) is 0 Å². The van der Waals surface area contributed by atoms with Crippen LogP contribution in [-0.4, -0.2) is 25.1 Å². The summed E-state index contributed by atoms with van der Waals surface area (Å²) in [6, 6.07) is 7.56. The van der Waals surface area contributed by atoms with Gasteiger partial charge in [-0.2, -0.15) is 0 Å². The molecule has 0 spiro atoms. The lowest BCUT2D eigenvalue weighted by Gasteiger charge is -2.17. The van der Waals surface area contributed by atoms with Gasteiger partial charge in [-0.15, -0.1) is 0 Å². The molecule has 16 heavy (non-hydrogen) atoms. The fraction of sp³-hybridized carbons (Fsp3) is 0.417. The van der Waals surface area contributed by atoms with Gasteiger partial charge in [-0.05, 0) is 23.6 Å². The summed E-state index contributed by atoms with van der Waals surface area (Å²) in [5, 5.41) is 1.93. The molecule has 0 bridgehead atoms. The van der Waals surface area contributed by atoms with Crippen LogP contribution in [0.4, 0.5) is 0 Å². The molecule has 0 saturated heterocycles. The molecule has 0 aromatic heterocycles. The molecule has 1 amide bonds. The van der Waals surface area contributed by atoms with Gasteiger partial charge in [0, 0.05) is 18.5 Å². The second-order valence-electron chi connectivity index (χ2n) is 3.73. The van der Waals surface area contributed by atoms with E-state index in [1.807, 2.05) is 31.2 Å². The average Bonchev–Trinajstić information content (AvgIpc) is 2.27. The van der Waals surface area contributed by atoms with Gasteiger partial charge in [-0.25, -0.2) is 5.06 Å². The third-order valence-electron chi connectivity index (χ3n) is 2.52. The number of hydrogen-bond donors (Lipinski definition) is 0. The number of hydrogen-bond acceptors (Lipinski definition) is 2. The van der Waals surface area contributed by atoms with Crippen molar-refractivity contribution in [1.82, 2.24) is 5.06 Å². The first kappa shape index (κ1) is 13.0. The molecule has 0 N–H and O–H groups in total. The molecule has 1 aromatic carbocycles. The van der Waals surface area contributed by atoms with Crippen molar-refractivity contribution in [3.05, 3.63) is 34.9 Å². The summed E-state index contributed by atoms with van der Waals surface area (Å²) in [6.45, 7) is 1.99. The summed E-state index contributed by atoms with van der Waals surface area (Å²) in [6.07, 6.45) is 0.407. The minimum absolute atomic E-state index is 0.0463. The Kier molecular flexibility index (Phi) is 4.77. The van der Waals surface area contributed by atoms with Crippen LogP contribution in [0.3, 0.4) is 0 Å². The summed E-state index contributed by atoms with van der Waals surface area (Å²) < 4.78 is 0. The number of halogens is 1. The lowest BCUT2D eigenvalue weighted by molar-refractivity contribution is -0.169. The standard InChI is InChI=1S/C12H16ClNO2/c1-9(7-12(15)14(2)16-3)10-5-4-6-11(13)8-10/h4-6,8-9H,7H2,1-3H3. The molecule has 1 atom stereocenters. The molecule has 1 aromatic rings. The largest absolute Gasteiger partial charge is 0.275 e. The van der Waals surface area contributed by atoms with Crippen LogP contribution in [0.25, 0.3) is 0 Å². The topological polar surface area (TPSA) is 29.5 Å². The maximum Gasteiger partial charge on any atom is 0.246 e. The minimum Gasteiger partial charge on any atom is -0.275 e. The molecular weight excluding hydrogens is 226 g/mol. The van der Waals surface area contributed by atoms with E-state index in [-0.39, 0.29) is 11.8 Å². The van der Waals surface area contributed by atoms with Crippen LogP contribution in [0.15, 0.2) is 24.3 Å². The van der Waals surface area contributed by atoms with E-state index in [4.69, 9.17) is 16.4 Å². The zero-order chi connectivity index (χ0) is 12.1. The Bertz CT molecular complexity index is 368.